The standard InChI is InChI=1S/C28H29N3O3/c1-19(32)30-14-16-31(17-15-30)28(33)26-23-7-3-4-9-25(23)29-27-21(6-5-8-24(26)27)18-20-10-12-22(34-2)13-11-20/h3-4,7,9-13,18H,5-6,8,14-17H2,1-2H3/b21-18+. The fourth-order valence-corrected chi connectivity index (χ4v) is 5.00. The SMILES string of the molecule is COc1ccc(/C=C2\CCCc3c2nc2ccccc2c3C(=O)N2CCN(C(C)=O)CC2)cc1. The Hall–Kier alpha value is -3.67. The molecule has 3 aromatic rings. The van der Waals surface area contributed by atoms with Gasteiger partial charge in [-0.3, -0.25) is 9.59 Å². The first-order valence-electron chi connectivity index (χ1n) is 11.9. The number of piperazine rings is 1. The zero-order valence-corrected chi connectivity index (χ0v) is 19.7. The number of amides is 2. The minimum atomic E-state index is 0.0451. The Morgan fingerprint density at radius 3 is 2.35 bits per heavy atom. The molecule has 1 aromatic heterocycles. The second-order valence-corrected chi connectivity index (χ2v) is 8.93. The molecule has 2 amide bonds. The van der Waals surface area contributed by atoms with E-state index in [0.717, 1.165) is 63.9 Å². The Morgan fingerprint density at radius 1 is 0.941 bits per heavy atom. The summed E-state index contributed by atoms with van der Waals surface area (Å²) in [6.45, 7) is 3.85. The molecule has 2 aromatic carbocycles. The van der Waals surface area contributed by atoms with Crippen LogP contribution in [-0.2, 0) is 11.2 Å². The maximum Gasteiger partial charge on any atom is 0.255 e. The fourth-order valence-electron chi connectivity index (χ4n) is 5.00. The third-order valence-corrected chi connectivity index (χ3v) is 6.85. The Bertz CT molecular complexity index is 1270. The average Bonchev–Trinajstić information content (AvgIpc) is 2.88. The summed E-state index contributed by atoms with van der Waals surface area (Å²) in [5.74, 6) is 0.934. The van der Waals surface area contributed by atoms with Gasteiger partial charge in [-0.25, -0.2) is 4.98 Å². The maximum absolute atomic E-state index is 13.9. The Labute approximate surface area is 199 Å². The summed E-state index contributed by atoms with van der Waals surface area (Å²) >= 11 is 0. The molecule has 1 fully saturated rings. The van der Waals surface area contributed by atoms with Crippen LogP contribution in [0.15, 0.2) is 48.5 Å². The molecule has 6 heteroatoms. The smallest absolute Gasteiger partial charge is 0.255 e. The normalized spacial score (nSPS) is 17.1. The number of pyridine rings is 1. The number of para-hydroxylation sites is 1. The van der Waals surface area contributed by atoms with E-state index in [1.54, 1.807) is 18.9 Å². The van der Waals surface area contributed by atoms with Gasteiger partial charge in [0.05, 0.1) is 23.9 Å². The number of hydrogen-bond acceptors (Lipinski definition) is 4. The number of fused-ring (bicyclic) bond motifs is 2. The minimum absolute atomic E-state index is 0.0451. The summed E-state index contributed by atoms with van der Waals surface area (Å²) in [5, 5.41) is 0.908. The van der Waals surface area contributed by atoms with Crippen molar-refractivity contribution in [2.75, 3.05) is 33.3 Å². The molecule has 6 nitrogen and oxygen atoms in total. The van der Waals surface area contributed by atoms with E-state index in [9.17, 15) is 9.59 Å². The average molecular weight is 456 g/mol. The highest BCUT2D eigenvalue weighted by Crippen LogP contribution is 2.37. The molecule has 2 aliphatic rings. The largest absolute Gasteiger partial charge is 0.497 e. The zero-order valence-electron chi connectivity index (χ0n) is 19.7. The van der Waals surface area contributed by atoms with Crippen molar-refractivity contribution in [3.63, 3.8) is 0 Å². The first-order valence-corrected chi connectivity index (χ1v) is 11.9. The van der Waals surface area contributed by atoms with Gasteiger partial charge < -0.3 is 14.5 Å². The van der Waals surface area contributed by atoms with Crippen molar-refractivity contribution < 1.29 is 14.3 Å². The Kier molecular flexibility index (Phi) is 6.05. The van der Waals surface area contributed by atoms with E-state index in [1.807, 2.05) is 53.4 Å². The predicted molar refractivity (Wildman–Crippen MR) is 134 cm³/mol. The molecule has 0 spiro atoms. The van der Waals surface area contributed by atoms with Gasteiger partial charge in [0.1, 0.15) is 5.75 Å². The molecule has 0 saturated carbocycles. The molecule has 0 atom stereocenters. The number of methoxy groups -OCH3 is 1. The van der Waals surface area contributed by atoms with Crippen LogP contribution < -0.4 is 4.74 Å². The molecule has 0 radical (unpaired) electrons. The van der Waals surface area contributed by atoms with Gasteiger partial charge in [-0.1, -0.05) is 30.3 Å². The number of aromatic nitrogens is 1. The number of hydrogen-bond donors (Lipinski definition) is 0. The van der Waals surface area contributed by atoms with E-state index >= 15 is 0 Å². The van der Waals surface area contributed by atoms with Crippen LogP contribution in [0, 0.1) is 0 Å². The molecule has 1 aliphatic carbocycles. The number of carbonyl (C=O) groups is 2. The summed E-state index contributed by atoms with van der Waals surface area (Å²) in [4.78, 5) is 34.3. The zero-order chi connectivity index (χ0) is 23.7. The number of allylic oxidation sites excluding steroid dienone is 1. The third-order valence-electron chi connectivity index (χ3n) is 6.85. The number of carbonyl (C=O) groups excluding carboxylic acids is 2. The van der Waals surface area contributed by atoms with Gasteiger partial charge in [-0.2, -0.15) is 0 Å². The summed E-state index contributed by atoms with van der Waals surface area (Å²) in [5.41, 5.74) is 5.85. The number of benzene rings is 2. The molecule has 0 bridgehead atoms. The van der Waals surface area contributed by atoms with Gasteiger partial charge in [-0.15, -0.1) is 0 Å². The second kappa shape index (κ2) is 9.29. The second-order valence-electron chi connectivity index (χ2n) is 8.93. The molecule has 5 rings (SSSR count). The van der Waals surface area contributed by atoms with Crippen LogP contribution in [-0.4, -0.2) is 59.9 Å². The molecule has 174 valence electrons. The number of ether oxygens (including phenoxy) is 1. The lowest BCUT2D eigenvalue weighted by Crippen LogP contribution is -2.50. The molecule has 1 aliphatic heterocycles. The van der Waals surface area contributed by atoms with Gasteiger partial charge in [-0.05, 0) is 60.2 Å². The summed E-state index contributed by atoms with van der Waals surface area (Å²) in [6.07, 6.45) is 4.92. The van der Waals surface area contributed by atoms with E-state index in [0.29, 0.717) is 26.2 Å². The predicted octanol–water partition coefficient (Wildman–Crippen LogP) is 4.42. The van der Waals surface area contributed by atoms with Gasteiger partial charge in [0, 0.05) is 38.5 Å². The lowest BCUT2D eigenvalue weighted by atomic mass is 9.85. The Balaban J connectivity index is 1.57. The van der Waals surface area contributed by atoms with E-state index in [4.69, 9.17) is 9.72 Å². The molecule has 2 heterocycles. The molecular formula is C28H29N3O3. The van der Waals surface area contributed by atoms with Crippen molar-refractivity contribution in [1.82, 2.24) is 14.8 Å². The van der Waals surface area contributed by atoms with Crippen molar-refractivity contribution >= 4 is 34.4 Å². The van der Waals surface area contributed by atoms with Crippen LogP contribution in [0.2, 0.25) is 0 Å². The Morgan fingerprint density at radius 2 is 1.65 bits per heavy atom. The number of nitrogens with zero attached hydrogens (tertiary/aromatic N) is 3. The highest BCUT2D eigenvalue weighted by molar-refractivity contribution is 6.09. The highest BCUT2D eigenvalue weighted by atomic mass is 16.5. The maximum atomic E-state index is 13.9. The first kappa shape index (κ1) is 22.1. The van der Waals surface area contributed by atoms with Gasteiger partial charge in [0.2, 0.25) is 5.91 Å². The van der Waals surface area contributed by atoms with Crippen molar-refractivity contribution in [2.24, 2.45) is 0 Å². The van der Waals surface area contributed by atoms with E-state index in [-0.39, 0.29) is 11.8 Å². The van der Waals surface area contributed by atoms with Gasteiger partial charge in [0.25, 0.3) is 5.91 Å². The third kappa shape index (κ3) is 4.16. The van der Waals surface area contributed by atoms with Crippen LogP contribution in [0.1, 0.15) is 46.9 Å². The van der Waals surface area contributed by atoms with Crippen molar-refractivity contribution in [3.05, 3.63) is 70.9 Å². The molecule has 1 saturated heterocycles. The van der Waals surface area contributed by atoms with Gasteiger partial charge >= 0.3 is 0 Å². The number of rotatable bonds is 3. The first-order chi connectivity index (χ1) is 16.5. The molecule has 34 heavy (non-hydrogen) atoms. The molecule has 0 unspecified atom stereocenters. The molecule has 0 N–H and O–H groups in total. The topological polar surface area (TPSA) is 62.7 Å². The van der Waals surface area contributed by atoms with Crippen LogP contribution in [0.5, 0.6) is 5.75 Å². The van der Waals surface area contributed by atoms with Crippen LogP contribution in [0.3, 0.4) is 0 Å². The summed E-state index contributed by atoms with van der Waals surface area (Å²) in [7, 11) is 1.67. The van der Waals surface area contributed by atoms with Crippen molar-refractivity contribution in [1.29, 1.82) is 0 Å². The van der Waals surface area contributed by atoms with Crippen LogP contribution >= 0.6 is 0 Å². The van der Waals surface area contributed by atoms with Crippen molar-refractivity contribution in [2.45, 2.75) is 26.2 Å². The quantitative estimate of drug-likeness (QED) is 0.586. The van der Waals surface area contributed by atoms with Crippen molar-refractivity contribution in [3.8, 4) is 5.75 Å². The monoisotopic (exact) mass is 455 g/mol. The lowest BCUT2D eigenvalue weighted by Gasteiger charge is -2.35. The lowest BCUT2D eigenvalue weighted by molar-refractivity contribution is -0.130. The summed E-state index contributed by atoms with van der Waals surface area (Å²) < 4.78 is 5.29. The minimum Gasteiger partial charge on any atom is -0.497 e. The molecular weight excluding hydrogens is 426 g/mol. The highest BCUT2D eigenvalue weighted by Gasteiger charge is 2.29. The van der Waals surface area contributed by atoms with E-state index in [2.05, 4.69) is 6.08 Å². The van der Waals surface area contributed by atoms with E-state index in [1.165, 1.54) is 0 Å². The van der Waals surface area contributed by atoms with Crippen LogP contribution in [0.25, 0.3) is 22.6 Å². The van der Waals surface area contributed by atoms with E-state index < -0.39 is 0 Å². The van der Waals surface area contributed by atoms with Crippen LogP contribution in [0.4, 0.5) is 0 Å². The van der Waals surface area contributed by atoms with Gasteiger partial charge in [0.15, 0.2) is 0 Å². The summed E-state index contributed by atoms with van der Waals surface area (Å²) in [6, 6.07) is 15.9. The fraction of sp³-hybridized carbons (Fsp3) is 0.321.